The molecule has 2 N–H and O–H groups in total. The summed E-state index contributed by atoms with van der Waals surface area (Å²) in [6.07, 6.45) is 2.00. The number of hydrogen-bond acceptors (Lipinski definition) is 3. The molecule has 1 fully saturated rings. The first-order valence-electron chi connectivity index (χ1n) is 9.02. The molecular formula is C21H22ClNO3. The number of aliphatic hydroxyl groups excluding tert-OH is 1. The van der Waals surface area contributed by atoms with Crippen LogP contribution in [0.5, 0.6) is 5.75 Å². The molecule has 2 aromatic rings. The molecule has 1 heterocycles. The molecule has 2 aliphatic rings. The van der Waals surface area contributed by atoms with E-state index >= 15 is 0 Å². The lowest BCUT2D eigenvalue weighted by Gasteiger charge is -2.38. The minimum atomic E-state index is -0.278. The lowest BCUT2D eigenvalue weighted by Crippen LogP contribution is -2.41. The fourth-order valence-electron chi connectivity index (χ4n) is 3.82. The topological polar surface area (TPSA) is 58.6 Å². The largest absolute Gasteiger partial charge is 0.493 e. The molecule has 4 nitrogen and oxygen atoms in total. The van der Waals surface area contributed by atoms with Gasteiger partial charge in [-0.05, 0) is 60.6 Å². The average molecular weight is 372 g/mol. The Morgan fingerprint density at radius 2 is 2.12 bits per heavy atom. The molecule has 0 radical (unpaired) electrons. The standard InChI is InChI=1S/C21H22ClNO3/c1-12-3-2-4-17(19(12)22)21(25)23-20(15-10-16(24)11-15)14-5-6-18-13(9-14)7-8-26-18/h2-6,9,15-16,20,24H,7-8,10-11H2,1H3,(H,23,25)/t15?,16?,20-/m0/s1. The summed E-state index contributed by atoms with van der Waals surface area (Å²) in [5.74, 6) is 0.967. The molecule has 1 saturated carbocycles. The van der Waals surface area contributed by atoms with E-state index < -0.39 is 0 Å². The number of fused-ring (bicyclic) bond motifs is 1. The molecule has 1 amide bonds. The van der Waals surface area contributed by atoms with Crippen LogP contribution in [0.4, 0.5) is 0 Å². The summed E-state index contributed by atoms with van der Waals surface area (Å²) in [6, 6.07) is 11.4. The summed E-state index contributed by atoms with van der Waals surface area (Å²) >= 11 is 6.33. The molecule has 1 aliphatic carbocycles. The summed E-state index contributed by atoms with van der Waals surface area (Å²) in [6.45, 7) is 2.59. The Morgan fingerprint density at radius 1 is 1.31 bits per heavy atom. The van der Waals surface area contributed by atoms with Crippen LogP contribution in [0.15, 0.2) is 36.4 Å². The van der Waals surface area contributed by atoms with E-state index in [1.165, 1.54) is 5.56 Å². The van der Waals surface area contributed by atoms with Crippen molar-refractivity contribution in [3.8, 4) is 5.75 Å². The van der Waals surface area contributed by atoms with Crippen LogP contribution in [0, 0.1) is 12.8 Å². The van der Waals surface area contributed by atoms with E-state index in [2.05, 4.69) is 11.4 Å². The quantitative estimate of drug-likeness (QED) is 0.858. The molecule has 1 aliphatic heterocycles. The highest BCUT2D eigenvalue weighted by molar-refractivity contribution is 6.34. The zero-order valence-electron chi connectivity index (χ0n) is 14.7. The second-order valence-electron chi connectivity index (χ2n) is 7.24. The van der Waals surface area contributed by atoms with Gasteiger partial charge in [0.15, 0.2) is 0 Å². The second-order valence-corrected chi connectivity index (χ2v) is 7.62. The number of carbonyl (C=O) groups excluding carboxylic acids is 1. The first-order chi connectivity index (χ1) is 12.5. The number of carbonyl (C=O) groups is 1. The number of benzene rings is 2. The molecule has 26 heavy (non-hydrogen) atoms. The van der Waals surface area contributed by atoms with Crippen molar-refractivity contribution in [2.24, 2.45) is 5.92 Å². The molecule has 136 valence electrons. The van der Waals surface area contributed by atoms with Crippen molar-refractivity contribution in [1.29, 1.82) is 0 Å². The normalized spacial score (nSPS) is 22.1. The van der Waals surface area contributed by atoms with Crippen LogP contribution in [-0.4, -0.2) is 23.7 Å². The van der Waals surface area contributed by atoms with E-state index in [-0.39, 0.29) is 24.0 Å². The summed E-state index contributed by atoms with van der Waals surface area (Å²) in [5.41, 5.74) is 3.60. The third-order valence-corrected chi connectivity index (χ3v) is 5.92. The number of aliphatic hydroxyl groups is 1. The molecule has 4 rings (SSSR count). The highest BCUT2D eigenvalue weighted by Crippen LogP contribution is 2.40. The first-order valence-corrected chi connectivity index (χ1v) is 9.40. The van der Waals surface area contributed by atoms with E-state index in [0.29, 0.717) is 30.0 Å². The first kappa shape index (κ1) is 17.4. The fraction of sp³-hybridized carbons (Fsp3) is 0.381. The van der Waals surface area contributed by atoms with E-state index in [9.17, 15) is 9.90 Å². The van der Waals surface area contributed by atoms with Gasteiger partial charge >= 0.3 is 0 Å². The van der Waals surface area contributed by atoms with Gasteiger partial charge in [-0.2, -0.15) is 0 Å². The predicted octanol–water partition coefficient (Wildman–Crippen LogP) is 3.83. The molecule has 2 aromatic carbocycles. The number of amides is 1. The zero-order valence-corrected chi connectivity index (χ0v) is 15.4. The fourth-order valence-corrected chi connectivity index (χ4v) is 4.03. The average Bonchev–Trinajstić information content (AvgIpc) is 3.07. The van der Waals surface area contributed by atoms with Gasteiger partial charge in [-0.1, -0.05) is 29.8 Å². The second kappa shape index (κ2) is 6.93. The Balaban J connectivity index is 1.62. The number of rotatable bonds is 4. The third-order valence-electron chi connectivity index (χ3n) is 5.42. The van der Waals surface area contributed by atoms with Crippen LogP contribution in [0.3, 0.4) is 0 Å². The van der Waals surface area contributed by atoms with Crippen molar-refractivity contribution in [3.05, 3.63) is 63.7 Å². The molecule has 0 saturated heterocycles. The Labute approximate surface area is 158 Å². The Kier molecular flexibility index (Phi) is 4.63. The van der Waals surface area contributed by atoms with Crippen LogP contribution in [0.2, 0.25) is 5.02 Å². The number of nitrogens with one attached hydrogen (secondary N) is 1. The number of aryl methyl sites for hydroxylation is 1. The molecule has 0 spiro atoms. The zero-order chi connectivity index (χ0) is 18.3. The van der Waals surface area contributed by atoms with Gasteiger partial charge in [0.05, 0.1) is 29.3 Å². The summed E-state index contributed by atoms with van der Waals surface area (Å²) in [5, 5.41) is 13.4. The minimum Gasteiger partial charge on any atom is -0.493 e. The van der Waals surface area contributed by atoms with Gasteiger partial charge < -0.3 is 15.2 Å². The number of hydrogen-bond donors (Lipinski definition) is 2. The van der Waals surface area contributed by atoms with Crippen molar-refractivity contribution in [2.45, 2.75) is 38.3 Å². The maximum Gasteiger partial charge on any atom is 0.253 e. The van der Waals surface area contributed by atoms with E-state index in [1.54, 1.807) is 6.07 Å². The number of halogens is 1. The van der Waals surface area contributed by atoms with Crippen LogP contribution in [-0.2, 0) is 6.42 Å². The van der Waals surface area contributed by atoms with Gasteiger partial charge in [0.25, 0.3) is 5.91 Å². The van der Waals surface area contributed by atoms with Gasteiger partial charge in [0, 0.05) is 6.42 Å². The van der Waals surface area contributed by atoms with Gasteiger partial charge in [-0.25, -0.2) is 0 Å². The van der Waals surface area contributed by atoms with Crippen LogP contribution < -0.4 is 10.1 Å². The van der Waals surface area contributed by atoms with E-state index in [4.69, 9.17) is 16.3 Å². The van der Waals surface area contributed by atoms with Crippen molar-refractivity contribution in [3.63, 3.8) is 0 Å². The number of ether oxygens (including phenoxy) is 1. The lowest BCUT2D eigenvalue weighted by atomic mass is 9.74. The highest BCUT2D eigenvalue weighted by atomic mass is 35.5. The van der Waals surface area contributed by atoms with Crippen molar-refractivity contribution >= 4 is 17.5 Å². The molecule has 0 unspecified atom stereocenters. The third kappa shape index (κ3) is 3.19. The van der Waals surface area contributed by atoms with Crippen molar-refractivity contribution in [2.75, 3.05) is 6.61 Å². The van der Waals surface area contributed by atoms with Gasteiger partial charge in [-0.15, -0.1) is 0 Å². The van der Waals surface area contributed by atoms with E-state index in [1.807, 2.05) is 31.2 Å². The highest BCUT2D eigenvalue weighted by Gasteiger charge is 2.36. The van der Waals surface area contributed by atoms with Gasteiger partial charge in [0.1, 0.15) is 5.75 Å². The van der Waals surface area contributed by atoms with Crippen molar-refractivity contribution < 1.29 is 14.6 Å². The maximum absolute atomic E-state index is 12.9. The van der Waals surface area contributed by atoms with Crippen LogP contribution >= 0.6 is 11.6 Å². The molecule has 1 atom stereocenters. The SMILES string of the molecule is Cc1cccc(C(=O)N[C@@H](c2ccc3c(c2)CCO3)C2CC(O)C2)c1Cl. The molecule has 5 heteroatoms. The predicted molar refractivity (Wildman–Crippen MR) is 101 cm³/mol. The summed E-state index contributed by atoms with van der Waals surface area (Å²) in [7, 11) is 0. The molecular weight excluding hydrogens is 350 g/mol. The molecule has 0 bridgehead atoms. The molecule has 0 aromatic heterocycles. The smallest absolute Gasteiger partial charge is 0.253 e. The van der Waals surface area contributed by atoms with Gasteiger partial charge in [-0.3, -0.25) is 4.79 Å². The van der Waals surface area contributed by atoms with Crippen LogP contribution in [0.1, 0.15) is 45.9 Å². The van der Waals surface area contributed by atoms with Crippen molar-refractivity contribution in [1.82, 2.24) is 5.32 Å². The minimum absolute atomic E-state index is 0.145. The maximum atomic E-state index is 12.9. The Hall–Kier alpha value is -2.04. The lowest BCUT2D eigenvalue weighted by molar-refractivity contribution is 0.0235. The Bertz CT molecular complexity index is 845. The summed E-state index contributed by atoms with van der Waals surface area (Å²) in [4.78, 5) is 12.9. The Morgan fingerprint density at radius 3 is 2.88 bits per heavy atom. The van der Waals surface area contributed by atoms with E-state index in [0.717, 1.165) is 23.3 Å². The monoisotopic (exact) mass is 371 g/mol. The summed E-state index contributed by atoms with van der Waals surface area (Å²) < 4.78 is 5.59. The van der Waals surface area contributed by atoms with Gasteiger partial charge in [0.2, 0.25) is 0 Å². The van der Waals surface area contributed by atoms with Crippen LogP contribution in [0.25, 0.3) is 0 Å².